The van der Waals surface area contributed by atoms with Crippen molar-refractivity contribution >= 4 is 125 Å². The summed E-state index contributed by atoms with van der Waals surface area (Å²) in [5.74, 6) is 0. The SMILES string of the molecule is CC#N.CC(=Nc1ccc(Br)cc1)c1cccc(C(C)=Nc2ccc(Br)cc2)n1.CC(=Nc1ccc(Br)cc1)c1cccc(C(C)=Nc2ccc(Br)cc2)n1.F[P-](F)(F)(F)(F)F.F[P-](F)(F)(F)(F)F.[Fe+2]. The molecule has 0 unspecified atom stereocenters. The minimum absolute atomic E-state index is 0. The molecule has 70 heavy (non-hydrogen) atoms. The molecule has 0 fully saturated rings. The van der Waals surface area contributed by atoms with E-state index in [4.69, 9.17) is 15.2 Å². The predicted octanol–water partition coefficient (Wildman–Crippen LogP) is 21.1. The van der Waals surface area contributed by atoms with Crippen molar-refractivity contribution in [2.75, 3.05) is 0 Å². The average molecular weight is 1330 g/mol. The molecule has 0 atom stereocenters. The van der Waals surface area contributed by atoms with E-state index in [0.717, 1.165) is 86.3 Å². The van der Waals surface area contributed by atoms with E-state index in [-0.39, 0.29) is 17.1 Å². The van der Waals surface area contributed by atoms with Gasteiger partial charge in [-0.3, -0.25) is 20.0 Å². The van der Waals surface area contributed by atoms with Crippen molar-refractivity contribution < 1.29 is 67.4 Å². The molecule has 26 heteroatoms. The summed E-state index contributed by atoms with van der Waals surface area (Å²) in [4.78, 5) is 28.1. The molecule has 0 N–H and O–H groups in total. The van der Waals surface area contributed by atoms with Crippen molar-refractivity contribution in [2.24, 2.45) is 20.0 Å². The van der Waals surface area contributed by atoms with Crippen LogP contribution in [-0.2, 0) is 17.1 Å². The number of aromatic nitrogens is 2. The fraction of sp³-hybridized carbons (Fsp3) is 0.114. The van der Waals surface area contributed by atoms with Gasteiger partial charge in [0.1, 0.15) is 0 Å². The molecule has 0 aliphatic rings. The molecule has 0 radical (unpaired) electrons. The summed E-state index contributed by atoms with van der Waals surface area (Å²) in [6.07, 6.45) is 0. The molecule has 0 saturated heterocycles. The number of hydrogen-bond acceptors (Lipinski definition) is 7. The van der Waals surface area contributed by atoms with Gasteiger partial charge in [0.15, 0.2) is 0 Å². The topological polar surface area (TPSA) is 99.0 Å². The van der Waals surface area contributed by atoms with Gasteiger partial charge in [-0.1, -0.05) is 75.9 Å². The van der Waals surface area contributed by atoms with Crippen LogP contribution < -0.4 is 0 Å². The van der Waals surface area contributed by atoms with E-state index in [1.807, 2.05) is 161 Å². The quantitative estimate of drug-likeness (QED) is 0.0657. The average Bonchev–Trinajstić information content (AvgIpc) is 3.22. The van der Waals surface area contributed by atoms with Crippen LogP contribution in [0.2, 0.25) is 0 Å². The largest absolute Gasteiger partial charge is 2.00 e. The van der Waals surface area contributed by atoms with E-state index in [0.29, 0.717) is 0 Å². The van der Waals surface area contributed by atoms with Gasteiger partial charge in [0.25, 0.3) is 0 Å². The van der Waals surface area contributed by atoms with Crippen molar-refractivity contribution in [3.8, 4) is 6.07 Å². The first-order chi connectivity index (χ1) is 31.3. The van der Waals surface area contributed by atoms with Gasteiger partial charge in [-0.15, -0.1) is 0 Å². The molecule has 0 spiro atoms. The molecular weight excluding hydrogens is 1290 g/mol. The minimum Gasteiger partial charge on any atom is 2.00 e. The Morgan fingerprint density at radius 3 is 0.671 bits per heavy atom. The maximum atomic E-state index is 9.87. The van der Waals surface area contributed by atoms with Crippen molar-refractivity contribution in [3.05, 3.63) is 174 Å². The number of nitrogens with zero attached hydrogens (tertiary/aromatic N) is 7. The van der Waals surface area contributed by atoms with Crippen LogP contribution in [0.15, 0.2) is 171 Å². The summed E-state index contributed by atoms with van der Waals surface area (Å²) in [6, 6.07) is 45.2. The van der Waals surface area contributed by atoms with E-state index in [1.54, 1.807) is 6.07 Å². The number of benzene rings is 4. The second-order valence-corrected chi connectivity index (χ2v) is 21.1. The normalized spacial score (nSPS) is 13.9. The zero-order valence-electron chi connectivity index (χ0n) is 36.6. The Balaban J connectivity index is 0.000000523. The number of hydrogen-bond donors (Lipinski definition) is 0. The van der Waals surface area contributed by atoms with E-state index in [9.17, 15) is 50.4 Å². The number of pyridine rings is 2. The first kappa shape index (κ1) is 63.8. The Labute approximate surface area is 439 Å². The molecule has 6 aromatic rings. The maximum absolute atomic E-state index is 10.7. The van der Waals surface area contributed by atoms with Gasteiger partial charge in [-0.2, -0.15) is 5.26 Å². The van der Waals surface area contributed by atoms with Gasteiger partial charge in [0, 0.05) is 24.8 Å². The Morgan fingerprint density at radius 1 is 0.386 bits per heavy atom. The van der Waals surface area contributed by atoms with Crippen LogP contribution in [0.5, 0.6) is 0 Å². The zero-order chi connectivity index (χ0) is 52.6. The molecule has 0 saturated carbocycles. The molecule has 0 aliphatic carbocycles. The third kappa shape index (κ3) is 32.6. The van der Waals surface area contributed by atoms with Crippen molar-refractivity contribution in [1.29, 1.82) is 5.26 Å². The molecule has 6 rings (SSSR count). The van der Waals surface area contributed by atoms with Crippen LogP contribution in [-0.4, -0.2) is 32.8 Å². The minimum atomic E-state index is -10.7. The Hall–Kier alpha value is -4.19. The smallest absolute Gasteiger partial charge is 2.00 e. The maximum Gasteiger partial charge on any atom is 2.00 e. The first-order valence-corrected chi connectivity index (χ1v) is 26.2. The molecule has 0 bridgehead atoms. The van der Waals surface area contributed by atoms with Crippen LogP contribution in [0.1, 0.15) is 57.4 Å². The van der Waals surface area contributed by atoms with Crippen LogP contribution in [0.4, 0.5) is 73.1 Å². The van der Waals surface area contributed by atoms with Crippen LogP contribution in [0, 0.1) is 11.3 Å². The fourth-order valence-electron chi connectivity index (χ4n) is 4.74. The van der Waals surface area contributed by atoms with Crippen LogP contribution in [0.3, 0.4) is 0 Å². The Kier molecular flexibility index (Phi) is 22.8. The summed E-state index contributed by atoms with van der Waals surface area (Å²) in [5, 5.41) is 7.32. The molecule has 378 valence electrons. The molecule has 4 aromatic carbocycles. The van der Waals surface area contributed by atoms with E-state index in [1.165, 1.54) is 6.92 Å². The van der Waals surface area contributed by atoms with Gasteiger partial charge in [-0.25, -0.2) is 9.97 Å². The van der Waals surface area contributed by atoms with E-state index in [2.05, 4.69) is 83.7 Å². The van der Waals surface area contributed by atoms with Gasteiger partial charge in [0.2, 0.25) is 0 Å². The molecule has 0 amide bonds. The van der Waals surface area contributed by atoms with Crippen molar-refractivity contribution in [1.82, 2.24) is 9.97 Å². The molecule has 7 nitrogen and oxygen atoms in total. The summed E-state index contributed by atoms with van der Waals surface area (Å²) >= 11 is 13.7. The second kappa shape index (κ2) is 25.0. The van der Waals surface area contributed by atoms with Gasteiger partial charge < -0.3 is 0 Å². The van der Waals surface area contributed by atoms with Crippen LogP contribution >= 0.6 is 79.3 Å². The summed E-state index contributed by atoms with van der Waals surface area (Å²) < 4.78 is 123. The number of nitriles is 1. The summed E-state index contributed by atoms with van der Waals surface area (Å²) in [6.45, 7) is 9.30. The molecule has 0 aliphatic heterocycles. The Morgan fingerprint density at radius 2 is 0.529 bits per heavy atom. The summed E-state index contributed by atoms with van der Waals surface area (Å²) in [7, 11) is -21.3. The third-order valence-corrected chi connectivity index (χ3v) is 9.59. The Bertz CT molecular complexity index is 2480. The second-order valence-electron chi connectivity index (χ2n) is 13.7. The van der Waals surface area contributed by atoms with Gasteiger partial charge >= 0.3 is 83.0 Å². The third-order valence-electron chi connectivity index (χ3n) is 7.47. The number of halogens is 16. The van der Waals surface area contributed by atoms with Gasteiger partial charge in [-0.05, 0) is 149 Å². The van der Waals surface area contributed by atoms with Crippen molar-refractivity contribution in [3.63, 3.8) is 0 Å². The molecular formula is C44H37Br4F12FeN7P2. The predicted molar refractivity (Wildman–Crippen MR) is 271 cm³/mol. The van der Waals surface area contributed by atoms with E-state index >= 15 is 0 Å². The first-order valence-electron chi connectivity index (χ1n) is 19.0. The monoisotopic (exact) mass is 1320 g/mol. The van der Waals surface area contributed by atoms with Crippen LogP contribution in [0.25, 0.3) is 0 Å². The summed E-state index contributed by atoms with van der Waals surface area (Å²) in [5.41, 5.74) is 10.4. The van der Waals surface area contributed by atoms with Gasteiger partial charge in [0.05, 0.1) is 74.4 Å². The number of aliphatic imine (C=N–C) groups is 4. The zero-order valence-corrected chi connectivity index (χ0v) is 45.9. The fourth-order valence-corrected chi connectivity index (χ4v) is 5.80. The van der Waals surface area contributed by atoms with E-state index < -0.39 is 15.6 Å². The molecule has 2 heterocycles. The number of rotatable bonds is 8. The molecule has 2 aromatic heterocycles. The standard InChI is InChI=1S/2C21H17Br2N3.C2H3N.2F6P.Fe/c2*1-14(24-18-10-6-16(22)7-11-18)20-4-3-5-21(26-20)15(2)25-19-12-8-17(23)9-13-19;1-2-3;2*1-7(2,3,4,5)6;/h2*3-13H,1-2H3;1H3;;;/q;;;2*-1;+2. The van der Waals surface area contributed by atoms with Crippen molar-refractivity contribution in [2.45, 2.75) is 34.6 Å².